The fourth-order valence-electron chi connectivity index (χ4n) is 4.33. The summed E-state index contributed by atoms with van der Waals surface area (Å²) in [6.07, 6.45) is 7.26. The van der Waals surface area contributed by atoms with Gasteiger partial charge in [-0.15, -0.1) is 0 Å². The van der Waals surface area contributed by atoms with Crippen molar-refractivity contribution >= 4 is 44.6 Å². The van der Waals surface area contributed by atoms with Gasteiger partial charge in [-0.2, -0.15) is 0 Å². The van der Waals surface area contributed by atoms with Gasteiger partial charge in [0.2, 0.25) is 0 Å². The highest BCUT2D eigenvalue weighted by atomic mass is 16.3. The number of hydrogen-bond donors (Lipinski definition) is 0. The summed E-state index contributed by atoms with van der Waals surface area (Å²) in [5, 5.41) is 4.61. The summed E-state index contributed by atoms with van der Waals surface area (Å²) in [7, 11) is 0. The van der Waals surface area contributed by atoms with Gasteiger partial charge >= 0.3 is 0 Å². The van der Waals surface area contributed by atoms with E-state index in [-0.39, 0.29) is 0 Å². The third-order valence-electron chi connectivity index (χ3n) is 5.68. The third-order valence-corrected chi connectivity index (χ3v) is 5.68. The fraction of sp³-hybridized carbons (Fsp3) is 0.0769. The van der Waals surface area contributed by atoms with Crippen molar-refractivity contribution in [3.8, 4) is 0 Å². The summed E-state index contributed by atoms with van der Waals surface area (Å²) in [4.78, 5) is 0. The van der Waals surface area contributed by atoms with E-state index in [0.717, 1.165) is 61.1 Å². The molecule has 5 aromatic rings. The van der Waals surface area contributed by atoms with Crippen LogP contribution in [0.25, 0.3) is 44.6 Å². The van der Waals surface area contributed by atoms with Gasteiger partial charge in [-0.3, -0.25) is 0 Å². The molecule has 0 bridgehead atoms. The number of hydrogen-bond acceptors (Lipinski definition) is 2. The minimum absolute atomic E-state index is 0.804. The zero-order valence-corrected chi connectivity index (χ0v) is 15.5. The van der Waals surface area contributed by atoms with E-state index in [1.54, 1.807) is 0 Å². The molecular weight excluding hydrogens is 344 g/mol. The molecule has 0 amide bonds. The lowest BCUT2D eigenvalue weighted by Gasteiger charge is -2.04. The average Bonchev–Trinajstić information content (AvgIpc) is 3.21. The highest BCUT2D eigenvalue weighted by Gasteiger charge is 2.17. The first-order chi connectivity index (χ1) is 13.8. The predicted octanol–water partition coefficient (Wildman–Crippen LogP) is 5.58. The zero-order valence-electron chi connectivity index (χ0n) is 15.5. The topological polar surface area (TPSA) is 26.3 Å². The quantitative estimate of drug-likeness (QED) is 0.389. The summed E-state index contributed by atoms with van der Waals surface area (Å²) >= 11 is 0. The van der Waals surface area contributed by atoms with Crippen molar-refractivity contribution in [1.29, 1.82) is 0 Å². The van der Waals surface area contributed by atoms with Crippen LogP contribution >= 0.6 is 0 Å². The summed E-state index contributed by atoms with van der Waals surface area (Å²) in [6, 6.07) is 20.9. The van der Waals surface area contributed by atoms with Crippen molar-refractivity contribution in [1.82, 2.24) is 0 Å². The molecule has 1 aliphatic carbocycles. The number of fused-ring (bicyclic) bond motifs is 6. The molecule has 28 heavy (non-hydrogen) atoms. The second-order valence-corrected chi connectivity index (χ2v) is 7.35. The largest absolute Gasteiger partial charge is 0.456 e. The smallest absolute Gasteiger partial charge is 0.143 e. The number of allylic oxidation sites excluding steroid dienone is 2. The Kier molecular flexibility index (Phi) is 3.18. The van der Waals surface area contributed by atoms with Crippen LogP contribution in [0.4, 0.5) is 0 Å². The standard InChI is InChI=1S/C26H18O2/c1-16-8-6-12-19-21-13-7-14-22(26(21)28-24(16)19)20-11-3-2-10-18-17-9-4-5-15-23(17)27-25(18)20/h2-10,12-15H,11H2,1H3. The molecule has 0 atom stereocenters. The van der Waals surface area contributed by atoms with Crippen LogP contribution in [0.2, 0.25) is 0 Å². The average molecular weight is 362 g/mol. The minimum atomic E-state index is 0.804. The maximum Gasteiger partial charge on any atom is 0.143 e. The Morgan fingerprint density at radius 1 is 0.750 bits per heavy atom. The molecule has 6 rings (SSSR count). The minimum Gasteiger partial charge on any atom is -0.456 e. The highest BCUT2D eigenvalue weighted by molar-refractivity contribution is 6.09. The number of para-hydroxylation sites is 3. The Labute approximate surface area is 161 Å². The van der Waals surface area contributed by atoms with E-state index >= 15 is 0 Å². The van der Waals surface area contributed by atoms with Crippen LogP contribution in [0.1, 0.15) is 17.5 Å². The number of furan rings is 2. The second kappa shape index (κ2) is 5.74. The van der Waals surface area contributed by atoms with Crippen molar-refractivity contribution in [3.05, 3.63) is 94.6 Å². The predicted molar refractivity (Wildman–Crippen MR) is 115 cm³/mol. The van der Waals surface area contributed by atoms with E-state index in [1.807, 2.05) is 12.1 Å². The maximum atomic E-state index is 6.40. The SMILES string of the molecule is Cc1cccc2c1oc1c(C3=c4oc5ccccc5c4=CC=CC3)cccc12. The molecule has 2 aromatic heterocycles. The van der Waals surface area contributed by atoms with Crippen molar-refractivity contribution in [2.45, 2.75) is 13.3 Å². The molecule has 0 N–H and O–H groups in total. The Hall–Kier alpha value is -3.52. The molecule has 3 aromatic carbocycles. The highest BCUT2D eigenvalue weighted by Crippen LogP contribution is 2.35. The van der Waals surface area contributed by atoms with Gasteiger partial charge in [-0.25, -0.2) is 0 Å². The van der Waals surface area contributed by atoms with Crippen LogP contribution < -0.4 is 10.6 Å². The van der Waals surface area contributed by atoms with Gasteiger partial charge in [0.05, 0.1) is 0 Å². The molecule has 0 radical (unpaired) electrons. The molecule has 0 saturated carbocycles. The van der Waals surface area contributed by atoms with Crippen LogP contribution in [0.3, 0.4) is 0 Å². The van der Waals surface area contributed by atoms with E-state index in [4.69, 9.17) is 8.83 Å². The summed E-state index contributed by atoms with van der Waals surface area (Å²) < 4.78 is 12.7. The normalized spacial score (nSPS) is 13.8. The monoisotopic (exact) mass is 362 g/mol. The van der Waals surface area contributed by atoms with Crippen LogP contribution in [0, 0.1) is 6.92 Å². The van der Waals surface area contributed by atoms with Gasteiger partial charge in [-0.1, -0.05) is 72.8 Å². The molecule has 0 aliphatic heterocycles. The molecular formula is C26H18O2. The number of aryl methyl sites for hydroxylation is 1. The molecule has 0 fully saturated rings. The third kappa shape index (κ3) is 2.09. The van der Waals surface area contributed by atoms with Gasteiger partial charge in [0, 0.05) is 32.5 Å². The molecule has 2 nitrogen and oxygen atoms in total. The first-order valence-electron chi connectivity index (χ1n) is 9.60. The van der Waals surface area contributed by atoms with Crippen LogP contribution in [0.15, 0.2) is 81.7 Å². The Morgan fingerprint density at radius 2 is 1.54 bits per heavy atom. The fourth-order valence-corrected chi connectivity index (χ4v) is 4.33. The lowest BCUT2D eigenvalue weighted by atomic mass is 9.99. The van der Waals surface area contributed by atoms with Gasteiger partial charge in [0.15, 0.2) is 0 Å². The van der Waals surface area contributed by atoms with Crippen molar-refractivity contribution in [2.75, 3.05) is 0 Å². The first kappa shape index (κ1) is 15.5. The Morgan fingerprint density at radius 3 is 2.46 bits per heavy atom. The van der Waals surface area contributed by atoms with Crippen molar-refractivity contribution < 1.29 is 8.83 Å². The molecule has 1 aliphatic rings. The first-order valence-corrected chi connectivity index (χ1v) is 9.60. The van der Waals surface area contributed by atoms with Gasteiger partial charge < -0.3 is 8.83 Å². The zero-order chi connectivity index (χ0) is 18.7. The Bertz CT molecular complexity index is 1540. The van der Waals surface area contributed by atoms with Crippen LogP contribution in [-0.2, 0) is 0 Å². The Balaban J connectivity index is 1.79. The summed E-state index contributed by atoms with van der Waals surface area (Å²) in [6.45, 7) is 2.10. The summed E-state index contributed by atoms with van der Waals surface area (Å²) in [5.41, 5.74) is 7.18. The molecule has 2 heterocycles. The van der Waals surface area contributed by atoms with Crippen molar-refractivity contribution in [3.63, 3.8) is 0 Å². The maximum absolute atomic E-state index is 6.40. The van der Waals surface area contributed by atoms with E-state index < -0.39 is 0 Å². The van der Waals surface area contributed by atoms with Gasteiger partial charge in [0.25, 0.3) is 0 Å². The van der Waals surface area contributed by atoms with Crippen LogP contribution in [-0.4, -0.2) is 0 Å². The number of rotatable bonds is 1. The van der Waals surface area contributed by atoms with E-state index in [0.29, 0.717) is 0 Å². The molecule has 134 valence electrons. The molecule has 0 unspecified atom stereocenters. The van der Waals surface area contributed by atoms with Crippen molar-refractivity contribution in [2.24, 2.45) is 0 Å². The lowest BCUT2D eigenvalue weighted by Crippen LogP contribution is -2.22. The lowest BCUT2D eigenvalue weighted by molar-refractivity contribution is 0.571. The van der Waals surface area contributed by atoms with E-state index in [9.17, 15) is 0 Å². The summed E-state index contributed by atoms with van der Waals surface area (Å²) in [5.74, 6) is 0. The van der Waals surface area contributed by atoms with Gasteiger partial charge in [0.1, 0.15) is 22.2 Å². The molecule has 0 spiro atoms. The van der Waals surface area contributed by atoms with E-state index in [2.05, 4.69) is 73.7 Å². The van der Waals surface area contributed by atoms with Gasteiger partial charge in [-0.05, 0) is 25.0 Å². The molecule has 2 heteroatoms. The number of benzene rings is 3. The van der Waals surface area contributed by atoms with E-state index in [1.165, 1.54) is 5.57 Å². The van der Waals surface area contributed by atoms with Crippen LogP contribution in [0.5, 0.6) is 0 Å². The second-order valence-electron chi connectivity index (χ2n) is 7.35. The molecule has 0 saturated heterocycles.